The van der Waals surface area contributed by atoms with Crippen LogP contribution < -0.4 is 9.76 Å². The van der Waals surface area contributed by atoms with E-state index < -0.39 is 8.22 Å². The molecule has 0 bridgehead atoms. The normalized spacial score (nSPS) is 13.6. The van der Waals surface area contributed by atoms with Gasteiger partial charge in [-0.05, 0) is 32.1 Å². The van der Waals surface area contributed by atoms with Crippen LogP contribution in [0.5, 0.6) is 0 Å². The number of anilines is 1. The zero-order chi connectivity index (χ0) is 15.0. The fourth-order valence-corrected chi connectivity index (χ4v) is 3.27. The van der Waals surface area contributed by atoms with Crippen LogP contribution in [0.1, 0.15) is 13.3 Å². The second-order valence-corrected chi connectivity index (χ2v) is 6.58. The van der Waals surface area contributed by atoms with Crippen molar-refractivity contribution in [2.45, 2.75) is 19.4 Å². The van der Waals surface area contributed by atoms with Crippen LogP contribution >= 0.6 is 19.8 Å². The highest BCUT2D eigenvalue weighted by atomic mass is 35.5. The number of hydrogen-bond acceptors (Lipinski definition) is 4. The van der Waals surface area contributed by atoms with Crippen LogP contribution in [0.15, 0.2) is 30.3 Å². The van der Waals surface area contributed by atoms with Crippen LogP contribution in [0, 0.1) is 0 Å². The van der Waals surface area contributed by atoms with Crippen molar-refractivity contribution in [2.24, 2.45) is 0 Å². The van der Waals surface area contributed by atoms with Gasteiger partial charge in [-0.1, -0.05) is 18.2 Å². The molecule has 4 nitrogen and oxygen atoms in total. The number of hydrogen-bond donors (Lipinski definition) is 1. The fourth-order valence-electron chi connectivity index (χ4n) is 1.72. The lowest BCUT2D eigenvalue weighted by atomic mass is 10.2. The van der Waals surface area contributed by atoms with Crippen LogP contribution in [0.25, 0.3) is 0 Å². The number of esters is 1. The first-order chi connectivity index (χ1) is 9.60. The Balaban J connectivity index is 2.65. The third kappa shape index (κ3) is 5.28. The first-order valence-electron chi connectivity index (χ1n) is 6.61. The van der Waals surface area contributed by atoms with Crippen molar-refractivity contribution < 1.29 is 9.53 Å². The standard InChI is InChI=1S/C14H22ClN2O2P/c1-4-19-14(18)13(10-11-15)16-20(3)17(2)12-8-6-5-7-9-12/h5-9,13,16H,4,10-11H2,1-3H3/t13-,20?/m0/s1. The number of ether oxygens (including phenoxy) is 1. The highest BCUT2D eigenvalue weighted by Crippen LogP contribution is 2.35. The number of nitrogens with zero attached hydrogens (tertiary/aromatic N) is 1. The molecule has 112 valence electrons. The van der Waals surface area contributed by atoms with Gasteiger partial charge in [-0.2, -0.15) is 0 Å². The zero-order valence-electron chi connectivity index (χ0n) is 12.2. The van der Waals surface area contributed by atoms with Crippen molar-refractivity contribution in [3.63, 3.8) is 0 Å². The van der Waals surface area contributed by atoms with E-state index in [-0.39, 0.29) is 12.0 Å². The molecule has 0 aliphatic rings. The maximum atomic E-state index is 11.9. The van der Waals surface area contributed by atoms with E-state index in [2.05, 4.69) is 16.4 Å². The molecule has 0 aliphatic carbocycles. The minimum Gasteiger partial charge on any atom is -0.465 e. The summed E-state index contributed by atoms with van der Waals surface area (Å²) in [4.78, 5) is 11.9. The number of rotatable bonds is 8. The molecule has 1 rings (SSSR count). The van der Waals surface area contributed by atoms with Crippen molar-refractivity contribution in [1.82, 2.24) is 5.09 Å². The van der Waals surface area contributed by atoms with Gasteiger partial charge in [0.1, 0.15) is 6.04 Å². The highest BCUT2D eigenvalue weighted by Gasteiger charge is 2.22. The Kier molecular flexibility index (Phi) is 7.90. The van der Waals surface area contributed by atoms with Crippen molar-refractivity contribution in [2.75, 3.05) is 30.9 Å². The highest BCUT2D eigenvalue weighted by molar-refractivity contribution is 7.56. The summed E-state index contributed by atoms with van der Waals surface area (Å²) >= 11 is 5.77. The van der Waals surface area contributed by atoms with E-state index in [1.807, 2.05) is 37.4 Å². The summed E-state index contributed by atoms with van der Waals surface area (Å²) in [7, 11) is 1.32. The molecular weight excluding hydrogens is 295 g/mol. The monoisotopic (exact) mass is 316 g/mol. The minimum atomic E-state index is -0.688. The number of nitrogens with one attached hydrogen (secondary N) is 1. The average molecular weight is 317 g/mol. The molecule has 0 spiro atoms. The molecule has 6 heteroatoms. The third-order valence-corrected chi connectivity index (χ3v) is 4.93. The molecule has 0 amide bonds. The number of carbonyl (C=O) groups is 1. The van der Waals surface area contributed by atoms with Crippen LogP contribution in [0.2, 0.25) is 0 Å². The predicted octanol–water partition coefficient (Wildman–Crippen LogP) is 3.21. The molecule has 0 saturated carbocycles. The molecule has 1 aromatic rings. The number of para-hydroxylation sites is 1. The smallest absolute Gasteiger partial charge is 0.323 e. The second-order valence-electron chi connectivity index (χ2n) is 4.29. The van der Waals surface area contributed by atoms with Gasteiger partial charge in [0, 0.05) is 18.6 Å². The Morgan fingerprint density at radius 2 is 2.10 bits per heavy atom. The first-order valence-corrected chi connectivity index (χ1v) is 8.89. The molecule has 1 unspecified atom stereocenters. The van der Waals surface area contributed by atoms with E-state index in [9.17, 15) is 4.79 Å². The molecule has 0 fully saturated rings. The second kappa shape index (κ2) is 9.17. The summed E-state index contributed by atoms with van der Waals surface area (Å²) in [6, 6.07) is 9.71. The summed E-state index contributed by atoms with van der Waals surface area (Å²) in [5.74, 6) is 0.193. The number of alkyl halides is 1. The molecule has 1 aromatic carbocycles. The van der Waals surface area contributed by atoms with Gasteiger partial charge in [0.15, 0.2) is 0 Å². The molecule has 0 saturated heterocycles. The van der Waals surface area contributed by atoms with Gasteiger partial charge in [0.05, 0.1) is 14.8 Å². The minimum absolute atomic E-state index is 0.232. The van der Waals surface area contributed by atoms with Gasteiger partial charge >= 0.3 is 5.97 Å². The quantitative estimate of drug-likeness (QED) is 0.454. The topological polar surface area (TPSA) is 41.6 Å². The molecule has 20 heavy (non-hydrogen) atoms. The van der Waals surface area contributed by atoms with Crippen molar-refractivity contribution in [1.29, 1.82) is 0 Å². The lowest BCUT2D eigenvalue weighted by molar-refractivity contribution is -0.145. The number of carbonyl (C=O) groups excluding carboxylic acids is 1. The summed E-state index contributed by atoms with van der Waals surface area (Å²) in [6.45, 7) is 4.26. The summed E-state index contributed by atoms with van der Waals surface area (Å²) in [6.07, 6.45) is 0.565. The van der Waals surface area contributed by atoms with E-state index >= 15 is 0 Å². The largest absolute Gasteiger partial charge is 0.465 e. The van der Waals surface area contributed by atoms with E-state index in [1.54, 1.807) is 6.92 Å². The van der Waals surface area contributed by atoms with Gasteiger partial charge in [-0.15, -0.1) is 11.6 Å². The molecule has 0 aromatic heterocycles. The number of benzene rings is 1. The van der Waals surface area contributed by atoms with E-state index in [1.165, 1.54) is 0 Å². The molecule has 0 heterocycles. The maximum absolute atomic E-state index is 11.9. The van der Waals surface area contributed by atoms with Crippen molar-refractivity contribution in [3.8, 4) is 0 Å². The Labute approximate surface area is 127 Å². The van der Waals surface area contributed by atoms with Crippen molar-refractivity contribution >= 4 is 31.5 Å². The summed E-state index contributed by atoms with van der Waals surface area (Å²) in [5, 5.41) is 3.33. The van der Waals surface area contributed by atoms with Gasteiger partial charge in [-0.3, -0.25) is 9.88 Å². The molecule has 1 N–H and O–H groups in total. The van der Waals surface area contributed by atoms with Crippen molar-refractivity contribution in [3.05, 3.63) is 30.3 Å². The number of halogens is 1. The maximum Gasteiger partial charge on any atom is 0.323 e. The van der Waals surface area contributed by atoms with Gasteiger partial charge in [0.25, 0.3) is 0 Å². The molecular formula is C14H22ClN2O2P. The summed E-state index contributed by atoms with van der Waals surface area (Å²) in [5.41, 5.74) is 1.11. The average Bonchev–Trinajstić information content (AvgIpc) is 2.47. The third-order valence-electron chi connectivity index (χ3n) is 2.89. The van der Waals surface area contributed by atoms with Gasteiger partial charge in [0.2, 0.25) is 0 Å². The van der Waals surface area contributed by atoms with E-state index in [0.29, 0.717) is 18.9 Å². The lowest BCUT2D eigenvalue weighted by Gasteiger charge is -2.30. The molecule has 2 atom stereocenters. The SMILES string of the molecule is CCOC(=O)[C@H](CCCl)NP(C)N(C)c1ccccc1. The predicted molar refractivity (Wildman–Crippen MR) is 86.6 cm³/mol. The lowest BCUT2D eigenvalue weighted by Crippen LogP contribution is -2.38. The fraction of sp³-hybridized carbons (Fsp3) is 0.500. The zero-order valence-corrected chi connectivity index (χ0v) is 13.8. The van der Waals surface area contributed by atoms with E-state index in [4.69, 9.17) is 16.3 Å². The molecule has 0 radical (unpaired) electrons. The van der Waals surface area contributed by atoms with Gasteiger partial charge < -0.3 is 9.41 Å². The Bertz CT molecular complexity index is 405. The summed E-state index contributed by atoms with van der Waals surface area (Å²) < 4.78 is 7.21. The Morgan fingerprint density at radius 1 is 1.45 bits per heavy atom. The van der Waals surface area contributed by atoms with Crippen LogP contribution in [-0.2, 0) is 9.53 Å². The van der Waals surface area contributed by atoms with Crippen LogP contribution in [0.3, 0.4) is 0 Å². The Hall–Kier alpha value is -0.830. The Morgan fingerprint density at radius 3 is 2.65 bits per heavy atom. The van der Waals surface area contributed by atoms with Crippen LogP contribution in [0.4, 0.5) is 5.69 Å². The molecule has 0 aliphatic heterocycles. The first kappa shape index (κ1) is 17.2. The van der Waals surface area contributed by atoms with E-state index in [0.717, 1.165) is 5.69 Å². The van der Waals surface area contributed by atoms with Crippen LogP contribution in [-0.4, -0.2) is 38.2 Å². The van der Waals surface area contributed by atoms with Gasteiger partial charge in [-0.25, -0.2) is 0 Å².